The number of rotatable bonds is 14. The maximum atomic E-state index is 14.2. The summed E-state index contributed by atoms with van der Waals surface area (Å²) in [5.74, 6) is 0. The van der Waals surface area contributed by atoms with Crippen molar-refractivity contribution in [1.29, 1.82) is 0 Å². The standard InChI is InChI=1S/C38H45N2O2S2/c1-5-40(6-2,29-33-25-30(3)24-31(4)26-33)23-13-12-22-39(28-32-18-19-34-14-10-11-17-36(34)27-32)44(41,42)38-21-20-37(43-38)35-15-8-7-9-16-35/h7-11,14-21,24-27H,5-6,12-13,22-23,28-29H2,1-4H3/q+1. The van der Waals surface area contributed by atoms with Crippen molar-refractivity contribution in [3.8, 4) is 10.4 Å². The molecule has 0 aliphatic rings. The van der Waals surface area contributed by atoms with Gasteiger partial charge in [0.15, 0.2) is 0 Å². The summed E-state index contributed by atoms with van der Waals surface area (Å²) in [6.07, 6.45) is 1.78. The third kappa shape index (κ3) is 7.67. The van der Waals surface area contributed by atoms with Gasteiger partial charge in [-0.1, -0.05) is 96.1 Å². The average molecular weight is 626 g/mol. The lowest BCUT2D eigenvalue weighted by Crippen LogP contribution is -2.47. The second-order valence-electron chi connectivity index (χ2n) is 12.1. The average Bonchev–Trinajstić information content (AvgIpc) is 3.53. The molecule has 5 rings (SSSR count). The smallest absolute Gasteiger partial charge is 0.252 e. The molecule has 0 fully saturated rings. The first kappa shape index (κ1) is 32.1. The Bertz CT molecular complexity index is 1770. The normalized spacial score (nSPS) is 12.3. The van der Waals surface area contributed by atoms with Crippen LogP contribution in [0.15, 0.2) is 107 Å². The van der Waals surface area contributed by atoms with Crippen LogP contribution in [0.25, 0.3) is 21.2 Å². The molecule has 0 saturated heterocycles. The van der Waals surface area contributed by atoms with Crippen molar-refractivity contribution in [2.75, 3.05) is 26.2 Å². The molecule has 0 N–H and O–H groups in total. The Balaban J connectivity index is 1.35. The molecule has 4 aromatic carbocycles. The first-order valence-corrected chi connectivity index (χ1v) is 18.0. The maximum Gasteiger partial charge on any atom is 0.252 e. The van der Waals surface area contributed by atoms with Gasteiger partial charge in [0.1, 0.15) is 10.8 Å². The third-order valence-electron chi connectivity index (χ3n) is 8.84. The summed E-state index contributed by atoms with van der Waals surface area (Å²) in [6, 6.07) is 35.1. The molecular weight excluding hydrogens is 581 g/mol. The van der Waals surface area contributed by atoms with Gasteiger partial charge in [-0.3, -0.25) is 0 Å². The van der Waals surface area contributed by atoms with Gasteiger partial charge in [-0.2, -0.15) is 4.31 Å². The summed E-state index contributed by atoms with van der Waals surface area (Å²) in [6.45, 7) is 13.9. The summed E-state index contributed by atoms with van der Waals surface area (Å²) in [7, 11) is -3.68. The van der Waals surface area contributed by atoms with Crippen LogP contribution in [0, 0.1) is 13.8 Å². The van der Waals surface area contributed by atoms with Crippen LogP contribution in [0.2, 0.25) is 0 Å². The van der Waals surface area contributed by atoms with Gasteiger partial charge in [0, 0.05) is 23.5 Å². The van der Waals surface area contributed by atoms with E-state index in [4.69, 9.17) is 0 Å². The first-order valence-electron chi connectivity index (χ1n) is 15.8. The zero-order valence-corrected chi connectivity index (χ0v) is 28.1. The van der Waals surface area contributed by atoms with E-state index in [1.807, 2.05) is 48.5 Å². The number of benzene rings is 4. The number of unbranched alkanes of at least 4 members (excludes halogenated alkanes) is 1. The zero-order valence-electron chi connectivity index (χ0n) is 26.5. The SMILES string of the molecule is CC[N+](CC)(CCCCN(Cc1ccc2ccccc2c1)S(=O)(=O)c1ccc(-c2ccccc2)s1)Cc1cc(C)cc(C)c1. The summed E-state index contributed by atoms with van der Waals surface area (Å²) >= 11 is 1.36. The molecule has 4 nitrogen and oxygen atoms in total. The van der Waals surface area contributed by atoms with Gasteiger partial charge in [0.2, 0.25) is 0 Å². The van der Waals surface area contributed by atoms with Crippen molar-refractivity contribution < 1.29 is 12.9 Å². The Morgan fingerprint density at radius 1 is 0.705 bits per heavy atom. The highest BCUT2D eigenvalue weighted by atomic mass is 32.2. The lowest BCUT2D eigenvalue weighted by atomic mass is 10.1. The minimum absolute atomic E-state index is 0.357. The lowest BCUT2D eigenvalue weighted by Gasteiger charge is -2.37. The zero-order chi connectivity index (χ0) is 31.2. The number of aryl methyl sites for hydroxylation is 2. The molecule has 0 spiro atoms. The largest absolute Gasteiger partial charge is 0.320 e. The molecule has 0 atom stereocenters. The van der Waals surface area contributed by atoms with Gasteiger partial charge >= 0.3 is 0 Å². The number of sulfonamides is 1. The minimum atomic E-state index is -3.68. The molecule has 0 bridgehead atoms. The number of nitrogens with zero attached hydrogens (tertiary/aromatic N) is 2. The highest BCUT2D eigenvalue weighted by Crippen LogP contribution is 2.33. The van der Waals surface area contributed by atoms with Gasteiger partial charge < -0.3 is 4.48 Å². The first-order chi connectivity index (χ1) is 21.2. The fourth-order valence-electron chi connectivity index (χ4n) is 6.29. The quantitative estimate of drug-likeness (QED) is 0.0911. The lowest BCUT2D eigenvalue weighted by molar-refractivity contribution is -0.938. The van der Waals surface area contributed by atoms with Crippen molar-refractivity contribution in [3.63, 3.8) is 0 Å². The molecule has 1 heterocycles. The number of hydrogen-bond donors (Lipinski definition) is 0. The van der Waals surface area contributed by atoms with Gasteiger partial charge in [-0.25, -0.2) is 8.42 Å². The predicted octanol–water partition coefficient (Wildman–Crippen LogP) is 9.21. The molecule has 0 unspecified atom stereocenters. The van der Waals surface area contributed by atoms with Crippen molar-refractivity contribution >= 4 is 32.1 Å². The summed E-state index contributed by atoms with van der Waals surface area (Å²) in [5.41, 5.74) is 6.05. The van der Waals surface area contributed by atoms with Crippen LogP contribution in [0.5, 0.6) is 0 Å². The number of hydrogen-bond acceptors (Lipinski definition) is 3. The fourth-order valence-corrected chi connectivity index (χ4v) is 9.23. The van der Waals surface area contributed by atoms with Crippen LogP contribution < -0.4 is 0 Å². The predicted molar refractivity (Wildman–Crippen MR) is 186 cm³/mol. The fraction of sp³-hybridized carbons (Fsp3) is 0.316. The molecular formula is C38H45N2O2S2+. The van der Waals surface area contributed by atoms with Gasteiger partial charge in [0.05, 0.1) is 19.6 Å². The Labute approximate surface area is 268 Å². The Morgan fingerprint density at radius 3 is 2.09 bits per heavy atom. The molecule has 230 valence electrons. The Kier molecular flexibility index (Phi) is 10.4. The van der Waals surface area contributed by atoms with Crippen LogP contribution in [-0.4, -0.2) is 43.4 Å². The molecule has 6 heteroatoms. The highest BCUT2D eigenvalue weighted by molar-refractivity contribution is 7.91. The van der Waals surface area contributed by atoms with Gasteiger partial charge in [-0.15, -0.1) is 11.3 Å². The third-order valence-corrected chi connectivity index (χ3v) is 12.3. The Morgan fingerprint density at radius 2 is 1.39 bits per heavy atom. The second kappa shape index (κ2) is 14.2. The minimum Gasteiger partial charge on any atom is -0.320 e. The van der Waals surface area contributed by atoms with E-state index in [9.17, 15) is 8.42 Å². The second-order valence-corrected chi connectivity index (χ2v) is 15.3. The molecule has 0 saturated carbocycles. The summed E-state index contributed by atoms with van der Waals surface area (Å²) in [4.78, 5) is 0.967. The van der Waals surface area contributed by atoms with E-state index in [0.29, 0.717) is 17.3 Å². The van der Waals surface area contributed by atoms with Gasteiger partial charge in [-0.05, 0) is 80.6 Å². The molecule has 0 aliphatic carbocycles. The highest BCUT2D eigenvalue weighted by Gasteiger charge is 2.28. The maximum absolute atomic E-state index is 14.2. The topological polar surface area (TPSA) is 37.4 Å². The molecule has 44 heavy (non-hydrogen) atoms. The molecule has 1 aromatic heterocycles. The van der Waals surface area contributed by atoms with E-state index in [-0.39, 0.29) is 0 Å². The number of thiophene rings is 1. The van der Waals surface area contributed by atoms with Crippen LogP contribution in [0.3, 0.4) is 0 Å². The summed E-state index contributed by atoms with van der Waals surface area (Å²) in [5, 5.41) is 2.29. The Hall–Kier alpha value is -3.29. The van der Waals surface area contributed by atoms with Crippen molar-refractivity contribution in [2.45, 2.75) is 57.8 Å². The number of fused-ring (bicyclic) bond motifs is 1. The monoisotopic (exact) mass is 625 g/mol. The van der Waals surface area contributed by atoms with E-state index in [0.717, 1.165) is 70.3 Å². The van der Waals surface area contributed by atoms with Crippen LogP contribution in [0.1, 0.15) is 48.9 Å². The van der Waals surface area contributed by atoms with E-state index in [1.54, 1.807) is 10.4 Å². The van der Waals surface area contributed by atoms with Crippen LogP contribution >= 0.6 is 11.3 Å². The van der Waals surface area contributed by atoms with E-state index in [2.05, 4.69) is 76.2 Å². The van der Waals surface area contributed by atoms with E-state index >= 15 is 0 Å². The van der Waals surface area contributed by atoms with E-state index in [1.165, 1.54) is 28.0 Å². The van der Waals surface area contributed by atoms with Crippen LogP contribution in [-0.2, 0) is 23.1 Å². The summed E-state index contributed by atoms with van der Waals surface area (Å²) < 4.78 is 31.5. The van der Waals surface area contributed by atoms with Crippen molar-refractivity contribution in [1.82, 2.24) is 4.31 Å². The molecule has 0 amide bonds. The van der Waals surface area contributed by atoms with Crippen molar-refractivity contribution in [3.05, 3.63) is 125 Å². The number of quaternary nitrogens is 1. The molecule has 0 radical (unpaired) electrons. The molecule has 0 aliphatic heterocycles. The van der Waals surface area contributed by atoms with E-state index < -0.39 is 10.0 Å². The molecule has 5 aromatic rings. The van der Waals surface area contributed by atoms with Crippen molar-refractivity contribution in [2.24, 2.45) is 0 Å². The van der Waals surface area contributed by atoms with Gasteiger partial charge in [0.25, 0.3) is 10.0 Å². The van der Waals surface area contributed by atoms with Crippen LogP contribution in [0.4, 0.5) is 0 Å².